The molecule has 1 aromatic carbocycles. The molecule has 0 saturated carbocycles. The normalized spacial score (nSPS) is 10.6. The maximum atomic E-state index is 10.5. The van der Waals surface area contributed by atoms with Crippen molar-refractivity contribution in [1.82, 2.24) is 0 Å². The Morgan fingerprint density at radius 1 is 1.19 bits per heavy atom. The first-order chi connectivity index (χ1) is 6.58. The molecular formula is C10H15Na2O3P. The second-order valence-electron chi connectivity index (χ2n) is 2.99. The summed E-state index contributed by atoms with van der Waals surface area (Å²) in [5.74, 6) is 0. The number of rotatable bonds is 4. The Kier molecular flexibility index (Phi) is 12.2. The van der Waals surface area contributed by atoms with Crippen LogP contribution in [0.5, 0.6) is 0 Å². The van der Waals surface area contributed by atoms with Gasteiger partial charge in [-0.25, -0.2) is 0 Å². The molecule has 0 aromatic heterocycles. The van der Waals surface area contributed by atoms with Gasteiger partial charge in [-0.1, -0.05) is 42.5 Å². The maximum absolute atomic E-state index is 10.5. The third-order valence-corrected chi connectivity index (χ3v) is 2.54. The Morgan fingerprint density at radius 3 is 2.25 bits per heavy atom. The van der Waals surface area contributed by atoms with Gasteiger partial charge < -0.3 is 12.6 Å². The van der Waals surface area contributed by atoms with Crippen LogP contribution in [0.15, 0.2) is 36.4 Å². The van der Waals surface area contributed by atoms with Crippen molar-refractivity contribution in [2.45, 2.75) is 6.42 Å². The molecule has 6 heteroatoms. The van der Waals surface area contributed by atoms with Gasteiger partial charge in [0.2, 0.25) is 0 Å². The van der Waals surface area contributed by atoms with E-state index in [1.807, 2.05) is 36.4 Å². The predicted molar refractivity (Wildman–Crippen MR) is 59.2 cm³/mol. The van der Waals surface area contributed by atoms with Crippen molar-refractivity contribution in [2.24, 2.45) is 0 Å². The second kappa shape index (κ2) is 10.1. The summed E-state index contributed by atoms with van der Waals surface area (Å²) >= 11 is 0. The molecule has 0 radical (unpaired) electrons. The molecule has 0 unspecified atom stereocenters. The van der Waals surface area contributed by atoms with Crippen LogP contribution in [0, 0.1) is 0 Å². The molecule has 2 N–H and O–H groups in total. The van der Waals surface area contributed by atoms with Crippen molar-refractivity contribution in [3.63, 3.8) is 0 Å². The smallest absolute Gasteiger partial charge is 1.00 e. The Bertz CT molecular complexity index is 357. The monoisotopic (exact) mass is 260 g/mol. The molecule has 80 valence electrons. The van der Waals surface area contributed by atoms with E-state index < -0.39 is 7.60 Å². The largest absolute Gasteiger partial charge is 1.00 e. The maximum Gasteiger partial charge on any atom is 1.00 e. The number of benzene rings is 1. The van der Waals surface area contributed by atoms with Crippen LogP contribution in [-0.4, -0.2) is 15.9 Å². The fourth-order valence-electron chi connectivity index (χ4n) is 1.03. The fourth-order valence-corrected chi connectivity index (χ4v) is 1.51. The van der Waals surface area contributed by atoms with E-state index in [9.17, 15) is 4.57 Å². The van der Waals surface area contributed by atoms with E-state index in [0.29, 0.717) is 6.42 Å². The molecule has 0 aliphatic carbocycles. The van der Waals surface area contributed by atoms with Crippen LogP contribution in [0.1, 0.15) is 14.8 Å². The molecule has 0 saturated heterocycles. The average Bonchev–Trinajstić information content (AvgIpc) is 2.13. The standard InChI is InChI=1S/C10H13O3P.2Na.2H/c11-14(12,13)9-5-4-8-10-6-2-1-3-7-10;;;;/h1-4,6-8H,5,9H2,(H2,11,12,13);;;;/q;2*+1;2*-1. The van der Waals surface area contributed by atoms with E-state index in [0.717, 1.165) is 5.56 Å². The molecule has 0 aliphatic heterocycles. The van der Waals surface area contributed by atoms with Gasteiger partial charge in [0.1, 0.15) is 0 Å². The molecule has 16 heavy (non-hydrogen) atoms. The SMILES string of the molecule is O=P(O)(O)CCC=Cc1ccccc1.[H-].[H-].[Na+].[Na+]. The molecule has 0 spiro atoms. The van der Waals surface area contributed by atoms with E-state index in [2.05, 4.69) is 0 Å². The third kappa shape index (κ3) is 10.3. The van der Waals surface area contributed by atoms with Crippen molar-refractivity contribution in [2.75, 3.05) is 6.16 Å². The van der Waals surface area contributed by atoms with Gasteiger partial charge in [-0.3, -0.25) is 4.57 Å². The van der Waals surface area contributed by atoms with Crippen molar-refractivity contribution >= 4 is 13.7 Å². The average molecular weight is 260 g/mol. The Morgan fingerprint density at radius 2 is 1.75 bits per heavy atom. The van der Waals surface area contributed by atoms with Crippen molar-refractivity contribution in [1.29, 1.82) is 0 Å². The minimum atomic E-state index is -3.84. The summed E-state index contributed by atoms with van der Waals surface area (Å²) < 4.78 is 10.5. The van der Waals surface area contributed by atoms with Gasteiger partial charge in [-0.2, -0.15) is 0 Å². The second-order valence-corrected chi connectivity index (χ2v) is 4.77. The van der Waals surface area contributed by atoms with Crippen molar-refractivity contribution in [3.8, 4) is 0 Å². The molecule has 0 aliphatic rings. The third-order valence-electron chi connectivity index (χ3n) is 1.70. The van der Waals surface area contributed by atoms with Crippen LogP contribution in [0.3, 0.4) is 0 Å². The van der Waals surface area contributed by atoms with Crippen LogP contribution in [0.4, 0.5) is 0 Å². The van der Waals surface area contributed by atoms with Crippen LogP contribution in [-0.2, 0) is 4.57 Å². The van der Waals surface area contributed by atoms with Crippen LogP contribution < -0.4 is 59.1 Å². The number of hydrogen-bond donors (Lipinski definition) is 2. The number of hydrogen-bond acceptors (Lipinski definition) is 1. The van der Waals surface area contributed by atoms with Crippen LogP contribution in [0.25, 0.3) is 6.08 Å². The van der Waals surface area contributed by atoms with E-state index >= 15 is 0 Å². The summed E-state index contributed by atoms with van der Waals surface area (Å²) in [6.45, 7) is 0. The first-order valence-corrected chi connectivity index (χ1v) is 6.14. The minimum Gasteiger partial charge on any atom is -1.00 e. The first-order valence-electron chi connectivity index (χ1n) is 4.34. The van der Waals surface area contributed by atoms with Crippen molar-refractivity contribution < 1.29 is 76.3 Å². The quantitative estimate of drug-likeness (QED) is 0.436. The zero-order valence-electron chi connectivity index (χ0n) is 11.7. The van der Waals surface area contributed by atoms with Crippen molar-refractivity contribution in [3.05, 3.63) is 42.0 Å². The fraction of sp³-hybridized carbons (Fsp3) is 0.200. The summed E-state index contributed by atoms with van der Waals surface area (Å²) in [5.41, 5.74) is 1.04. The van der Waals surface area contributed by atoms with Gasteiger partial charge in [-0.05, 0) is 12.0 Å². The molecule has 3 nitrogen and oxygen atoms in total. The van der Waals surface area contributed by atoms with Gasteiger partial charge in [0.15, 0.2) is 0 Å². The van der Waals surface area contributed by atoms with E-state index in [1.54, 1.807) is 6.08 Å². The zero-order chi connectivity index (χ0) is 10.4. The van der Waals surface area contributed by atoms with Gasteiger partial charge in [0.25, 0.3) is 0 Å². The van der Waals surface area contributed by atoms with Crippen LogP contribution >= 0.6 is 7.60 Å². The van der Waals surface area contributed by atoms with E-state index in [4.69, 9.17) is 9.79 Å². The molecule has 1 rings (SSSR count). The summed E-state index contributed by atoms with van der Waals surface area (Å²) in [7, 11) is -3.84. The molecule has 0 fully saturated rings. The number of allylic oxidation sites excluding steroid dienone is 1. The Labute approximate surface area is 143 Å². The van der Waals surface area contributed by atoms with E-state index in [1.165, 1.54) is 0 Å². The first kappa shape index (κ1) is 19.4. The molecule has 0 heterocycles. The molecular weight excluding hydrogens is 245 g/mol. The predicted octanol–water partition coefficient (Wildman–Crippen LogP) is -3.50. The van der Waals surface area contributed by atoms with Gasteiger partial charge in [0, 0.05) is 0 Å². The summed E-state index contributed by atoms with van der Waals surface area (Å²) in [5, 5.41) is 0. The minimum absolute atomic E-state index is 0. The van der Waals surface area contributed by atoms with Crippen LogP contribution in [0.2, 0.25) is 0 Å². The Balaban J connectivity index is -0.000000245. The molecule has 0 atom stereocenters. The topological polar surface area (TPSA) is 57.5 Å². The zero-order valence-corrected chi connectivity index (χ0v) is 14.6. The van der Waals surface area contributed by atoms with Gasteiger partial charge in [0.05, 0.1) is 6.16 Å². The molecule has 0 amide bonds. The summed E-state index contributed by atoms with van der Waals surface area (Å²) in [4.78, 5) is 17.2. The van der Waals surface area contributed by atoms with Gasteiger partial charge >= 0.3 is 66.7 Å². The molecule has 1 aromatic rings. The molecule has 0 bridgehead atoms. The van der Waals surface area contributed by atoms with Gasteiger partial charge in [-0.15, -0.1) is 0 Å². The van der Waals surface area contributed by atoms with E-state index in [-0.39, 0.29) is 68.1 Å². The Hall–Kier alpha value is 1.11. The summed E-state index contributed by atoms with van der Waals surface area (Å²) in [6, 6.07) is 9.64. The summed E-state index contributed by atoms with van der Waals surface area (Å²) in [6.07, 6.45) is 3.94.